The number of benzene rings is 2. The second kappa shape index (κ2) is 8.22. The summed E-state index contributed by atoms with van der Waals surface area (Å²) in [4.78, 5) is 40.0. The van der Waals surface area contributed by atoms with E-state index in [1.54, 1.807) is 30.3 Å². The summed E-state index contributed by atoms with van der Waals surface area (Å²) in [6, 6.07) is 15.0. The van der Waals surface area contributed by atoms with E-state index in [-0.39, 0.29) is 22.7 Å². The molecule has 140 valence electrons. The van der Waals surface area contributed by atoms with E-state index in [1.807, 2.05) is 0 Å². The smallest absolute Gasteiger partial charge is 0.274 e. The van der Waals surface area contributed by atoms with Crippen LogP contribution >= 0.6 is 0 Å². The van der Waals surface area contributed by atoms with Gasteiger partial charge < -0.3 is 10.6 Å². The minimum Gasteiger partial charge on any atom is -0.322 e. The van der Waals surface area contributed by atoms with Gasteiger partial charge in [0.05, 0.1) is 5.69 Å². The van der Waals surface area contributed by atoms with Gasteiger partial charge in [-0.25, -0.2) is 4.39 Å². The fraction of sp³-hybridized carbons (Fsp3) is 0.0476. The lowest BCUT2D eigenvalue weighted by Crippen LogP contribution is -2.17. The Kier molecular flexibility index (Phi) is 5.55. The standard InChI is InChI=1S/C21H16FN3O3/c1-13(26)14-6-8-16(9-7-14)24-20(27)15-10-11-23-19(12-15)21(28)25-18-5-3-2-4-17(18)22/h2-12H,1H3,(H,24,27)(H,25,28). The van der Waals surface area contributed by atoms with Gasteiger partial charge in [-0.3, -0.25) is 19.4 Å². The Labute approximate surface area is 160 Å². The van der Waals surface area contributed by atoms with Crippen LogP contribution in [0.25, 0.3) is 0 Å². The average Bonchev–Trinajstić information content (AvgIpc) is 2.70. The summed E-state index contributed by atoms with van der Waals surface area (Å²) in [5.74, 6) is -1.72. The molecule has 0 unspecified atom stereocenters. The van der Waals surface area contributed by atoms with Gasteiger partial charge in [-0.2, -0.15) is 0 Å². The van der Waals surface area contributed by atoms with Gasteiger partial charge in [-0.05, 0) is 55.5 Å². The molecule has 0 aliphatic rings. The third kappa shape index (κ3) is 4.45. The van der Waals surface area contributed by atoms with Gasteiger partial charge in [0, 0.05) is 23.0 Å². The maximum absolute atomic E-state index is 13.7. The molecule has 28 heavy (non-hydrogen) atoms. The van der Waals surface area contributed by atoms with E-state index in [9.17, 15) is 18.8 Å². The maximum Gasteiger partial charge on any atom is 0.274 e. The molecule has 0 spiro atoms. The van der Waals surface area contributed by atoms with Crippen molar-refractivity contribution in [2.75, 3.05) is 10.6 Å². The quantitative estimate of drug-likeness (QED) is 0.660. The number of anilines is 2. The number of carbonyl (C=O) groups is 3. The normalized spacial score (nSPS) is 10.2. The molecule has 3 aromatic rings. The number of carbonyl (C=O) groups excluding carboxylic acids is 3. The van der Waals surface area contributed by atoms with Crippen molar-refractivity contribution in [1.29, 1.82) is 0 Å². The van der Waals surface area contributed by atoms with E-state index in [2.05, 4.69) is 15.6 Å². The monoisotopic (exact) mass is 377 g/mol. The molecule has 0 fully saturated rings. The number of nitrogens with one attached hydrogen (secondary N) is 2. The highest BCUT2D eigenvalue weighted by atomic mass is 19.1. The predicted octanol–water partition coefficient (Wildman–Crippen LogP) is 3.93. The minimum absolute atomic E-state index is 0.0229. The summed E-state index contributed by atoms with van der Waals surface area (Å²) in [5, 5.41) is 5.10. The molecule has 0 bridgehead atoms. The average molecular weight is 377 g/mol. The molecule has 0 aliphatic carbocycles. The van der Waals surface area contributed by atoms with Gasteiger partial charge in [-0.15, -0.1) is 0 Å². The summed E-state index contributed by atoms with van der Waals surface area (Å²) < 4.78 is 13.7. The summed E-state index contributed by atoms with van der Waals surface area (Å²) in [7, 11) is 0. The van der Waals surface area contributed by atoms with E-state index in [4.69, 9.17) is 0 Å². The lowest BCUT2D eigenvalue weighted by atomic mass is 10.1. The van der Waals surface area contributed by atoms with Gasteiger partial charge in [-0.1, -0.05) is 12.1 Å². The van der Waals surface area contributed by atoms with Gasteiger partial charge >= 0.3 is 0 Å². The first-order chi connectivity index (χ1) is 13.4. The van der Waals surface area contributed by atoms with Crippen LogP contribution < -0.4 is 10.6 Å². The van der Waals surface area contributed by atoms with Gasteiger partial charge in [0.25, 0.3) is 11.8 Å². The Balaban J connectivity index is 1.73. The SMILES string of the molecule is CC(=O)c1ccc(NC(=O)c2ccnc(C(=O)Nc3ccccc3F)c2)cc1. The highest BCUT2D eigenvalue weighted by molar-refractivity contribution is 6.08. The third-order valence-corrected chi connectivity index (χ3v) is 3.93. The summed E-state index contributed by atoms with van der Waals surface area (Å²) in [6.07, 6.45) is 1.32. The van der Waals surface area contributed by atoms with E-state index in [0.29, 0.717) is 11.3 Å². The highest BCUT2D eigenvalue weighted by Crippen LogP contribution is 2.15. The number of amides is 2. The van der Waals surface area contributed by atoms with Crippen LogP contribution in [0.1, 0.15) is 38.1 Å². The van der Waals surface area contributed by atoms with Gasteiger partial charge in [0.2, 0.25) is 0 Å². The number of hydrogen-bond acceptors (Lipinski definition) is 4. The Bertz CT molecular complexity index is 1050. The molecule has 1 aromatic heterocycles. The second-order valence-corrected chi connectivity index (χ2v) is 5.95. The molecule has 7 heteroatoms. The molecule has 0 saturated carbocycles. The minimum atomic E-state index is -0.634. The highest BCUT2D eigenvalue weighted by Gasteiger charge is 2.14. The number of halogens is 1. The first-order valence-electron chi connectivity index (χ1n) is 8.38. The van der Waals surface area contributed by atoms with E-state index >= 15 is 0 Å². The summed E-state index contributed by atoms with van der Waals surface area (Å²) in [6.45, 7) is 1.46. The predicted molar refractivity (Wildman–Crippen MR) is 103 cm³/mol. The second-order valence-electron chi connectivity index (χ2n) is 5.95. The Morgan fingerprint density at radius 1 is 0.857 bits per heavy atom. The molecule has 2 aromatic carbocycles. The number of aromatic nitrogens is 1. The van der Waals surface area contributed by atoms with Crippen molar-refractivity contribution < 1.29 is 18.8 Å². The Morgan fingerprint density at radius 2 is 1.57 bits per heavy atom. The van der Waals surface area contributed by atoms with Crippen molar-refractivity contribution in [3.63, 3.8) is 0 Å². The molecule has 6 nitrogen and oxygen atoms in total. The number of ketones is 1. The van der Waals surface area contributed by atoms with Gasteiger partial charge in [0.15, 0.2) is 5.78 Å². The molecular weight excluding hydrogens is 361 g/mol. The molecule has 0 radical (unpaired) electrons. The summed E-state index contributed by atoms with van der Waals surface area (Å²) in [5.41, 5.74) is 1.25. The van der Waals surface area contributed by atoms with Crippen molar-refractivity contribution in [3.05, 3.63) is 89.5 Å². The van der Waals surface area contributed by atoms with Crippen LogP contribution in [0, 0.1) is 5.82 Å². The molecule has 0 saturated heterocycles. The molecule has 3 rings (SSSR count). The number of hydrogen-bond donors (Lipinski definition) is 2. The van der Waals surface area contributed by atoms with Crippen molar-refractivity contribution >= 4 is 29.0 Å². The van der Waals surface area contributed by atoms with Crippen LogP contribution in [0.2, 0.25) is 0 Å². The number of nitrogens with zero attached hydrogens (tertiary/aromatic N) is 1. The van der Waals surface area contributed by atoms with Crippen molar-refractivity contribution in [2.24, 2.45) is 0 Å². The molecule has 2 amide bonds. The molecule has 1 heterocycles. The van der Waals surface area contributed by atoms with E-state index < -0.39 is 17.6 Å². The largest absolute Gasteiger partial charge is 0.322 e. The first-order valence-corrected chi connectivity index (χ1v) is 8.38. The number of pyridine rings is 1. The lowest BCUT2D eigenvalue weighted by molar-refractivity contribution is 0.100. The molecular formula is C21H16FN3O3. The number of Topliss-reactive ketones (excluding diaryl/α,β-unsaturated/α-hetero) is 1. The van der Waals surface area contributed by atoms with Gasteiger partial charge in [0.1, 0.15) is 11.5 Å². The molecule has 2 N–H and O–H groups in total. The van der Waals surface area contributed by atoms with Crippen LogP contribution in [0.15, 0.2) is 66.9 Å². The van der Waals surface area contributed by atoms with Crippen LogP contribution in [0.3, 0.4) is 0 Å². The van der Waals surface area contributed by atoms with Crippen molar-refractivity contribution in [1.82, 2.24) is 4.98 Å². The van der Waals surface area contributed by atoms with E-state index in [0.717, 1.165) is 0 Å². The molecule has 0 aliphatic heterocycles. The summed E-state index contributed by atoms with van der Waals surface area (Å²) >= 11 is 0. The maximum atomic E-state index is 13.7. The fourth-order valence-corrected chi connectivity index (χ4v) is 2.44. The van der Waals surface area contributed by atoms with Crippen LogP contribution in [0.5, 0.6) is 0 Å². The molecule has 0 atom stereocenters. The third-order valence-electron chi connectivity index (χ3n) is 3.93. The van der Waals surface area contributed by atoms with Crippen LogP contribution in [-0.2, 0) is 0 Å². The van der Waals surface area contributed by atoms with Crippen LogP contribution in [-0.4, -0.2) is 22.6 Å². The first kappa shape index (κ1) is 18.9. The lowest BCUT2D eigenvalue weighted by Gasteiger charge is -2.08. The van der Waals surface area contributed by atoms with Crippen molar-refractivity contribution in [2.45, 2.75) is 6.92 Å². The van der Waals surface area contributed by atoms with Crippen LogP contribution in [0.4, 0.5) is 15.8 Å². The zero-order valence-corrected chi connectivity index (χ0v) is 14.9. The topological polar surface area (TPSA) is 88.2 Å². The number of para-hydroxylation sites is 1. The number of rotatable bonds is 5. The zero-order chi connectivity index (χ0) is 20.1. The van der Waals surface area contributed by atoms with E-state index in [1.165, 1.54) is 43.5 Å². The Hall–Kier alpha value is -3.87. The Morgan fingerprint density at radius 3 is 2.25 bits per heavy atom. The fourth-order valence-electron chi connectivity index (χ4n) is 2.44. The zero-order valence-electron chi connectivity index (χ0n) is 14.9. The van der Waals surface area contributed by atoms with Crippen molar-refractivity contribution in [3.8, 4) is 0 Å².